The largest absolute Gasteiger partial charge is 0.376 e. The molecule has 1 radical (unpaired) electrons. The third kappa shape index (κ3) is 3.80. The first kappa shape index (κ1) is 12.5. The zero-order valence-corrected chi connectivity index (χ0v) is 9.80. The van der Waals surface area contributed by atoms with E-state index < -0.39 is 6.04 Å². The van der Waals surface area contributed by atoms with Gasteiger partial charge in [-0.3, -0.25) is 4.79 Å². The van der Waals surface area contributed by atoms with E-state index in [1.807, 2.05) is 20.8 Å². The summed E-state index contributed by atoms with van der Waals surface area (Å²) in [5.41, 5.74) is 7.45. The molecule has 2 atom stereocenters. The standard InChI is InChI=1S/C11H21N2O2/c1-11(2,3)9(12)10(14)13-7-8-5-4-6-15-8/h8-9,12H,4-7H2,1-3H3,(H,13,14). The van der Waals surface area contributed by atoms with E-state index >= 15 is 0 Å². The fourth-order valence-corrected chi connectivity index (χ4v) is 1.52. The smallest absolute Gasteiger partial charge is 0.239 e. The fourth-order valence-electron chi connectivity index (χ4n) is 1.52. The highest BCUT2D eigenvalue weighted by molar-refractivity contribution is 5.82. The Morgan fingerprint density at radius 1 is 1.60 bits per heavy atom. The predicted molar refractivity (Wildman–Crippen MR) is 58.3 cm³/mol. The number of carbonyl (C=O) groups excluding carboxylic acids is 1. The molecule has 0 aromatic heterocycles. The minimum absolute atomic E-state index is 0.154. The first-order chi connectivity index (χ1) is 6.91. The van der Waals surface area contributed by atoms with Crippen LogP contribution in [-0.2, 0) is 9.53 Å². The zero-order chi connectivity index (χ0) is 11.5. The summed E-state index contributed by atoms with van der Waals surface area (Å²) in [6.07, 6.45) is 2.24. The fraction of sp³-hybridized carbons (Fsp3) is 0.909. The molecule has 1 amide bonds. The van der Waals surface area contributed by atoms with Crippen LogP contribution in [0.2, 0.25) is 0 Å². The van der Waals surface area contributed by atoms with Gasteiger partial charge in [-0.05, 0) is 18.3 Å². The van der Waals surface area contributed by atoms with Gasteiger partial charge in [0.2, 0.25) is 5.91 Å². The Morgan fingerprint density at radius 3 is 2.73 bits per heavy atom. The molecule has 0 saturated carbocycles. The summed E-state index contributed by atoms with van der Waals surface area (Å²) in [6.45, 7) is 7.04. The van der Waals surface area contributed by atoms with Crippen molar-refractivity contribution in [3.05, 3.63) is 0 Å². The predicted octanol–water partition coefficient (Wildman–Crippen LogP) is 0.979. The third-order valence-corrected chi connectivity index (χ3v) is 2.66. The molecule has 15 heavy (non-hydrogen) atoms. The van der Waals surface area contributed by atoms with Gasteiger partial charge in [-0.15, -0.1) is 0 Å². The van der Waals surface area contributed by atoms with Crippen LogP contribution in [0.4, 0.5) is 0 Å². The maximum absolute atomic E-state index is 11.6. The van der Waals surface area contributed by atoms with E-state index in [9.17, 15) is 4.79 Å². The lowest BCUT2D eigenvalue weighted by atomic mass is 9.87. The van der Waals surface area contributed by atoms with Gasteiger partial charge in [-0.1, -0.05) is 20.8 Å². The van der Waals surface area contributed by atoms with Gasteiger partial charge in [0.1, 0.15) is 6.04 Å². The van der Waals surface area contributed by atoms with Crippen molar-refractivity contribution in [1.82, 2.24) is 11.1 Å². The lowest BCUT2D eigenvalue weighted by molar-refractivity contribution is -0.125. The van der Waals surface area contributed by atoms with Crippen LogP contribution in [0.1, 0.15) is 33.6 Å². The van der Waals surface area contributed by atoms with Crippen molar-refractivity contribution in [2.45, 2.75) is 45.8 Å². The van der Waals surface area contributed by atoms with Crippen LogP contribution in [0, 0.1) is 5.41 Å². The molecular formula is C11H21N2O2. The van der Waals surface area contributed by atoms with Crippen molar-refractivity contribution in [2.24, 2.45) is 5.41 Å². The zero-order valence-electron chi connectivity index (χ0n) is 9.80. The van der Waals surface area contributed by atoms with E-state index in [1.165, 1.54) is 0 Å². The lowest BCUT2D eigenvalue weighted by Gasteiger charge is -2.25. The number of amides is 1. The molecular weight excluding hydrogens is 192 g/mol. The number of ether oxygens (including phenoxy) is 1. The van der Waals surface area contributed by atoms with Crippen molar-refractivity contribution in [3.8, 4) is 0 Å². The summed E-state index contributed by atoms with van der Waals surface area (Å²) >= 11 is 0. The van der Waals surface area contributed by atoms with Crippen molar-refractivity contribution in [1.29, 1.82) is 0 Å². The van der Waals surface area contributed by atoms with Gasteiger partial charge < -0.3 is 10.1 Å². The molecule has 4 heteroatoms. The van der Waals surface area contributed by atoms with Crippen molar-refractivity contribution >= 4 is 5.91 Å². The summed E-state index contributed by atoms with van der Waals surface area (Å²) in [6, 6.07) is -0.709. The molecule has 2 N–H and O–H groups in total. The van der Waals surface area contributed by atoms with E-state index in [0.717, 1.165) is 19.4 Å². The van der Waals surface area contributed by atoms with Gasteiger partial charge >= 0.3 is 0 Å². The highest BCUT2D eigenvalue weighted by Gasteiger charge is 2.28. The molecule has 1 fully saturated rings. The van der Waals surface area contributed by atoms with E-state index in [4.69, 9.17) is 10.5 Å². The SMILES string of the molecule is CC(C)(C)C([NH])C(=O)NCC1CCCO1. The van der Waals surface area contributed by atoms with Crippen LogP contribution in [-0.4, -0.2) is 31.2 Å². The van der Waals surface area contributed by atoms with Crippen LogP contribution in [0.15, 0.2) is 0 Å². The lowest BCUT2D eigenvalue weighted by Crippen LogP contribution is -2.45. The molecule has 0 bridgehead atoms. The number of rotatable bonds is 3. The molecule has 87 valence electrons. The maximum atomic E-state index is 11.6. The molecule has 1 saturated heterocycles. The summed E-state index contributed by atoms with van der Waals surface area (Å²) in [5, 5.41) is 2.78. The van der Waals surface area contributed by atoms with Crippen LogP contribution in [0.25, 0.3) is 0 Å². The second-order valence-electron chi connectivity index (χ2n) is 5.18. The molecule has 1 heterocycles. The number of carbonyl (C=O) groups is 1. The van der Waals surface area contributed by atoms with Gasteiger partial charge in [-0.2, -0.15) is 0 Å². The molecule has 1 rings (SSSR count). The van der Waals surface area contributed by atoms with Crippen LogP contribution >= 0.6 is 0 Å². The molecule has 1 aliphatic rings. The first-order valence-corrected chi connectivity index (χ1v) is 5.51. The van der Waals surface area contributed by atoms with Gasteiger partial charge in [0.05, 0.1) is 6.10 Å². The number of hydrogen-bond donors (Lipinski definition) is 1. The average molecular weight is 213 g/mol. The van der Waals surface area contributed by atoms with Gasteiger partial charge in [-0.25, -0.2) is 5.73 Å². The maximum Gasteiger partial charge on any atom is 0.239 e. The Hall–Kier alpha value is -0.610. The summed E-state index contributed by atoms with van der Waals surface area (Å²) in [7, 11) is 0. The topological polar surface area (TPSA) is 62.1 Å². The molecule has 0 aliphatic carbocycles. The molecule has 0 aromatic carbocycles. The van der Waals surface area contributed by atoms with Gasteiger partial charge in [0.15, 0.2) is 0 Å². The third-order valence-electron chi connectivity index (χ3n) is 2.66. The van der Waals surface area contributed by atoms with Crippen LogP contribution in [0.5, 0.6) is 0 Å². The monoisotopic (exact) mass is 213 g/mol. The first-order valence-electron chi connectivity index (χ1n) is 5.51. The minimum atomic E-state index is -0.709. The molecule has 0 spiro atoms. The Balaban J connectivity index is 2.29. The van der Waals surface area contributed by atoms with Crippen molar-refractivity contribution < 1.29 is 9.53 Å². The van der Waals surface area contributed by atoms with Crippen LogP contribution in [0.3, 0.4) is 0 Å². The van der Waals surface area contributed by atoms with Gasteiger partial charge in [0, 0.05) is 13.2 Å². The minimum Gasteiger partial charge on any atom is -0.376 e. The normalized spacial score (nSPS) is 23.9. The second kappa shape index (κ2) is 4.94. The van der Waals surface area contributed by atoms with E-state index in [2.05, 4.69) is 5.32 Å². The Kier molecular flexibility index (Phi) is 4.11. The number of nitrogens with one attached hydrogen (secondary N) is 2. The Morgan fingerprint density at radius 2 is 2.27 bits per heavy atom. The van der Waals surface area contributed by atoms with Gasteiger partial charge in [0.25, 0.3) is 0 Å². The molecule has 4 nitrogen and oxygen atoms in total. The van der Waals surface area contributed by atoms with Crippen LogP contribution < -0.4 is 11.1 Å². The highest BCUT2D eigenvalue weighted by Crippen LogP contribution is 2.18. The quantitative estimate of drug-likeness (QED) is 0.759. The Labute approximate surface area is 91.5 Å². The molecule has 0 aromatic rings. The second-order valence-corrected chi connectivity index (χ2v) is 5.18. The van der Waals surface area contributed by atoms with E-state index in [1.54, 1.807) is 0 Å². The van der Waals surface area contributed by atoms with Crippen molar-refractivity contribution in [2.75, 3.05) is 13.2 Å². The summed E-state index contributed by atoms with van der Waals surface area (Å²) < 4.78 is 5.39. The summed E-state index contributed by atoms with van der Waals surface area (Å²) in [4.78, 5) is 11.6. The van der Waals surface area contributed by atoms with Crippen molar-refractivity contribution in [3.63, 3.8) is 0 Å². The molecule has 1 aliphatic heterocycles. The molecule has 2 unspecified atom stereocenters. The number of hydrogen-bond acceptors (Lipinski definition) is 2. The van der Waals surface area contributed by atoms with E-state index in [0.29, 0.717) is 6.54 Å². The summed E-state index contributed by atoms with van der Waals surface area (Å²) in [5.74, 6) is -0.196. The highest BCUT2D eigenvalue weighted by atomic mass is 16.5. The van der Waals surface area contributed by atoms with E-state index in [-0.39, 0.29) is 17.4 Å². The Bertz CT molecular complexity index is 217. The average Bonchev–Trinajstić information content (AvgIpc) is 2.63.